The summed E-state index contributed by atoms with van der Waals surface area (Å²) in [6, 6.07) is 2.37. The van der Waals surface area contributed by atoms with E-state index < -0.39 is 0 Å². The average Bonchev–Trinajstić information content (AvgIpc) is 2.93. The molecule has 1 aromatic rings. The van der Waals surface area contributed by atoms with E-state index >= 15 is 0 Å². The van der Waals surface area contributed by atoms with Crippen LogP contribution in [-0.2, 0) is 11.2 Å². The van der Waals surface area contributed by atoms with Gasteiger partial charge in [0.15, 0.2) is 0 Å². The minimum absolute atomic E-state index is 0.0614. The molecule has 1 aromatic heterocycles. The van der Waals surface area contributed by atoms with Crippen molar-refractivity contribution in [3.63, 3.8) is 0 Å². The van der Waals surface area contributed by atoms with Crippen molar-refractivity contribution in [2.45, 2.75) is 25.3 Å². The summed E-state index contributed by atoms with van der Waals surface area (Å²) < 4.78 is 0. The van der Waals surface area contributed by atoms with Crippen LogP contribution in [0.2, 0.25) is 0 Å². The number of hydrogen-bond acceptors (Lipinski definition) is 3. The molecular weight excluding hydrogens is 210 g/mol. The molecule has 0 bridgehead atoms. The fraction of sp³-hybridized carbons (Fsp3) is 0.545. The molecule has 0 saturated heterocycles. The normalized spacial score (nSPS) is 15.3. The van der Waals surface area contributed by atoms with Gasteiger partial charge in [-0.15, -0.1) is 0 Å². The van der Waals surface area contributed by atoms with Gasteiger partial charge in [-0.05, 0) is 35.2 Å². The Labute approximate surface area is 93.3 Å². The number of thiophene rings is 1. The van der Waals surface area contributed by atoms with E-state index in [-0.39, 0.29) is 12.5 Å². The molecule has 1 aliphatic carbocycles. The highest BCUT2D eigenvalue weighted by Crippen LogP contribution is 2.27. The Balaban J connectivity index is 1.92. The zero-order chi connectivity index (χ0) is 10.7. The summed E-state index contributed by atoms with van der Waals surface area (Å²) in [4.78, 5) is 13.7. The van der Waals surface area contributed by atoms with Crippen molar-refractivity contribution in [2.24, 2.45) is 0 Å². The Hall–Kier alpha value is -0.870. The number of nitrogens with zero attached hydrogens (tertiary/aromatic N) is 1. The summed E-state index contributed by atoms with van der Waals surface area (Å²) >= 11 is 1.61. The zero-order valence-corrected chi connectivity index (χ0v) is 9.37. The van der Waals surface area contributed by atoms with E-state index in [1.165, 1.54) is 0 Å². The third-order valence-electron chi connectivity index (χ3n) is 2.58. The summed E-state index contributed by atoms with van der Waals surface area (Å²) in [6.07, 6.45) is 2.66. The highest BCUT2D eigenvalue weighted by molar-refractivity contribution is 7.07. The van der Waals surface area contributed by atoms with E-state index in [9.17, 15) is 4.79 Å². The predicted octanol–water partition coefficient (Wildman–Crippen LogP) is 1.27. The van der Waals surface area contributed by atoms with E-state index in [0.29, 0.717) is 19.0 Å². The molecule has 1 fully saturated rings. The van der Waals surface area contributed by atoms with Crippen LogP contribution in [0.3, 0.4) is 0 Å². The van der Waals surface area contributed by atoms with Crippen LogP contribution in [-0.4, -0.2) is 35.1 Å². The number of carbonyl (C=O) groups is 1. The van der Waals surface area contributed by atoms with Crippen LogP contribution in [0.15, 0.2) is 16.8 Å². The Bertz CT molecular complexity index is 319. The molecular formula is C11H15NO2S. The van der Waals surface area contributed by atoms with Gasteiger partial charge in [0.25, 0.3) is 0 Å². The van der Waals surface area contributed by atoms with E-state index in [0.717, 1.165) is 18.4 Å². The number of amides is 1. The van der Waals surface area contributed by atoms with Crippen LogP contribution in [0.5, 0.6) is 0 Å². The molecule has 1 amide bonds. The van der Waals surface area contributed by atoms with Crippen molar-refractivity contribution in [1.82, 2.24) is 4.90 Å². The second-order valence-electron chi connectivity index (χ2n) is 3.85. The Kier molecular flexibility index (Phi) is 3.38. The minimum atomic E-state index is 0.0614. The monoisotopic (exact) mass is 225 g/mol. The minimum Gasteiger partial charge on any atom is -0.395 e. The number of rotatable bonds is 5. The fourth-order valence-corrected chi connectivity index (χ4v) is 2.34. The van der Waals surface area contributed by atoms with E-state index in [4.69, 9.17) is 5.11 Å². The first-order valence-electron chi connectivity index (χ1n) is 5.22. The predicted molar refractivity (Wildman–Crippen MR) is 59.8 cm³/mol. The van der Waals surface area contributed by atoms with Gasteiger partial charge in [0, 0.05) is 12.6 Å². The Morgan fingerprint density at radius 2 is 2.40 bits per heavy atom. The molecule has 2 rings (SSSR count). The van der Waals surface area contributed by atoms with Crippen molar-refractivity contribution in [3.8, 4) is 0 Å². The molecule has 3 nitrogen and oxygen atoms in total. The molecule has 0 unspecified atom stereocenters. The third-order valence-corrected chi connectivity index (χ3v) is 3.32. The van der Waals surface area contributed by atoms with Crippen LogP contribution in [0, 0.1) is 0 Å². The molecule has 4 heteroatoms. The summed E-state index contributed by atoms with van der Waals surface area (Å²) in [5.74, 6) is 0.143. The number of aliphatic hydroxyl groups is 1. The van der Waals surface area contributed by atoms with Gasteiger partial charge in [0.2, 0.25) is 5.91 Å². The molecule has 0 radical (unpaired) electrons. The highest BCUT2D eigenvalue weighted by atomic mass is 32.1. The first-order chi connectivity index (χ1) is 7.31. The van der Waals surface area contributed by atoms with Crippen molar-refractivity contribution in [3.05, 3.63) is 22.4 Å². The lowest BCUT2D eigenvalue weighted by Gasteiger charge is -2.20. The van der Waals surface area contributed by atoms with Crippen molar-refractivity contribution >= 4 is 17.2 Å². The summed E-state index contributed by atoms with van der Waals surface area (Å²) in [5, 5.41) is 12.9. The van der Waals surface area contributed by atoms with Gasteiger partial charge in [-0.25, -0.2) is 0 Å². The van der Waals surface area contributed by atoms with Gasteiger partial charge < -0.3 is 10.0 Å². The van der Waals surface area contributed by atoms with Crippen LogP contribution in [0.4, 0.5) is 0 Å². The molecule has 1 heterocycles. The van der Waals surface area contributed by atoms with Gasteiger partial charge in [0.1, 0.15) is 0 Å². The molecule has 82 valence electrons. The number of aliphatic hydroxyl groups excluding tert-OH is 1. The first kappa shape index (κ1) is 10.6. The van der Waals surface area contributed by atoms with Gasteiger partial charge in [-0.1, -0.05) is 0 Å². The lowest BCUT2D eigenvalue weighted by molar-refractivity contribution is -0.131. The highest BCUT2D eigenvalue weighted by Gasteiger charge is 2.31. The van der Waals surface area contributed by atoms with Crippen molar-refractivity contribution < 1.29 is 9.90 Å². The molecule has 1 saturated carbocycles. The Morgan fingerprint density at radius 3 is 2.93 bits per heavy atom. The molecule has 15 heavy (non-hydrogen) atoms. The largest absolute Gasteiger partial charge is 0.395 e. The van der Waals surface area contributed by atoms with E-state index in [1.807, 2.05) is 21.7 Å². The molecule has 1 N–H and O–H groups in total. The van der Waals surface area contributed by atoms with Crippen LogP contribution < -0.4 is 0 Å². The van der Waals surface area contributed by atoms with E-state index in [1.54, 1.807) is 11.3 Å². The topological polar surface area (TPSA) is 40.5 Å². The average molecular weight is 225 g/mol. The van der Waals surface area contributed by atoms with Gasteiger partial charge in [0.05, 0.1) is 13.0 Å². The maximum absolute atomic E-state index is 11.9. The number of carbonyl (C=O) groups excluding carboxylic acids is 1. The molecule has 1 aliphatic rings. The second-order valence-corrected chi connectivity index (χ2v) is 4.63. The summed E-state index contributed by atoms with van der Waals surface area (Å²) in [7, 11) is 0. The fourth-order valence-electron chi connectivity index (χ4n) is 1.67. The molecule has 0 aromatic carbocycles. The molecule has 0 aliphatic heterocycles. The van der Waals surface area contributed by atoms with Crippen molar-refractivity contribution in [1.29, 1.82) is 0 Å². The third kappa shape index (κ3) is 2.79. The van der Waals surface area contributed by atoms with Crippen LogP contribution in [0.1, 0.15) is 18.4 Å². The molecule has 0 atom stereocenters. The zero-order valence-electron chi connectivity index (χ0n) is 8.56. The maximum atomic E-state index is 11.9. The second kappa shape index (κ2) is 4.77. The van der Waals surface area contributed by atoms with Gasteiger partial charge >= 0.3 is 0 Å². The maximum Gasteiger partial charge on any atom is 0.227 e. The molecule has 0 spiro atoms. The summed E-state index contributed by atoms with van der Waals surface area (Å²) in [6.45, 7) is 0.541. The SMILES string of the molecule is O=C(Cc1ccsc1)N(CCO)C1CC1. The lowest BCUT2D eigenvalue weighted by atomic mass is 10.2. The first-order valence-corrected chi connectivity index (χ1v) is 6.17. The number of hydrogen-bond donors (Lipinski definition) is 1. The quantitative estimate of drug-likeness (QED) is 0.820. The lowest BCUT2D eigenvalue weighted by Crippen LogP contribution is -2.36. The van der Waals surface area contributed by atoms with E-state index in [2.05, 4.69) is 0 Å². The standard InChI is InChI=1S/C11H15NO2S/c13-5-4-12(10-1-2-10)11(14)7-9-3-6-15-8-9/h3,6,8,10,13H,1-2,4-5,7H2. The van der Waals surface area contributed by atoms with Crippen molar-refractivity contribution in [2.75, 3.05) is 13.2 Å². The van der Waals surface area contributed by atoms with Gasteiger partial charge in [-0.3, -0.25) is 4.79 Å². The summed E-state index contributed by atoms with van der Waals surface area (Å²) in [5.41, 5.74) is 1.08. The van der Waals surface area contributed by atoms with Gasteiger partial charge in [-0.2, -0.15) is 11.3 Å². The Morgan fingerprint density at radius 1 is 1.60 bits per heavy atom. The smallest absolute Gasteiger partial charge is 0.227 e. The van der Waals surface area contributed by atoms with Crippen LogP contribution >= 0.6 is 11.3 Å². The van der Waals surface area contributed by atoms with Crippen LogP contribution in [0.25, 0.3) is 0 Å².